The van der Waals surface area contributed by atoms with E-state index in [-0.39, 0.29) is 13.2 Å². The van der Waals surface area contributed by atoms with Gasteiger partial charge in [-0.1, -0.05) is 0 Å². The van der Waals surface area contributed by atoms with Gasteiger partial charge in [0, 0.05) is 0 Å². The molecule has 0 bridgehead atoms. The maximum absolute atomic E-state index is 11.4. The van der Waals surface area contributed by atoms with Crippen molar-refractivity contribution in [3.8, 4) is 0 Å². The van der Waals surface area contributed by atoms with Crippen LogP contribution in [0.4, 0.5) is 0 Å². The number of carboxylic acid groups (broad SMARTS) is 2. The fourth-order valence-electron chi connectivity index (χ4n) is 1.32. The molecule has 0 aromatic carbocycles. The van der Waals surface area contributed by atoms with Gasteiger partial charge in [-0.25, -0.2) is 0 Å². The fourth-order valence-corrected chi connectivity index (χ4v) is 1.32. The van der Waals surface area contributed by atoms with Crippen molar-refractivity contribution in [2.75, 3.05) is 13.2 Å². The van der Waals surface area contributed by atoms with Crippen LogP contribution in [0.15, 0.2) is 0 Å². The number of carbonyl (C=O) groups is 4. The van der Waals surface area contributed by atoms with Gasteiger partial charge in [0.25, 0.3) is 0 Å². The summed E-state index contributed by atoms with van der Waals surface area (Å²) < 4.78 is 9.04. The van der Waals surface area contributed by atoms with Crippen molar-refractivity contribution >= 4 is 23.9 Å². The normalized spacial score (nSPS) is 13.2. The number of rotatable bonds is 8. The van der Waals surface area contributed by atoms with E-state index in [2.05, 4.69) is 9.47 Å². The zero-order valence-corrected chi connectivity index (χ0v) is 10.6. The molecule has 2 unspecified atom stereocenters. The van der Waals surface area contributed by atoms with Gasteiger partial charge in [-0.15, -0.1) is 0 Å². The van der Waals surface area contributed by atoms with Crippen LogP contribution in [0.1, 0.15) is 20.3 Å². The first kappa shape index (κ1) is 16.9. The molecule has 8 nitrogen and oxygen atoms in total. The van der Waals surface area contributed by atoms with Crippen LogP contribution in [0.2, 0.25) is 0 Å². The topological polar surface area (TPSA) is 127 Å². The third-order valence-corrected chi connectivity index (χ3v) is 2.21. The summed E-state index contributed by atoms with van der Waals surface area (Å²) in [6.07, 6.45) is -0.706. The summed E-state index contributed by atoms with van der Waals surface area (Å²) in [6.45, 7) is 2.88. The predicted octanol–water partition coefficient (Wildman–Crippen LogP) is -0.0957. The monoisotopic (exact) mass is 276 g/mol. The molecule has 0 aromatic rings. The lowest BCUT2D eigenvalue weighted by Crippen LogP contribution is -2.34. The number of carbonyl (C=O) groups excluding carboxylic acids is 2. The van der Waals surface area contributed by atoms with Crippen LogP contribution in [0, 0.1) is 11.8 Å². The van der Waals surface area contributed by atoms with E-state index in [1.54, 1.807) is 0 Å². The Bertz CT molecular complexity index is 328. The predicted molar refractivity (Wildman–Crippen MR) is 60.1 cm³/mol. The van der Waals surface area contributed by atoms with E-state index in [1.165, 1.54) is 13.8 Å². The summed E-state index contributed by atoms with van der Waals surface area (Å²) in [5.41, 5.74) is 0. The minimum Gasteiger partial charge on any atom is -0.481 e. The van der Waals surface area contributed by atoms with Crippen molar-refractivity contribution in [3.05, 3.63) is 0 Å². The van der Waals surface area contributed by atoms with Crippen LogP contribution in [0.3, 0.4) is 0 Å². The van der Waals surface area contributed by atoms with E-state index in [1.807, 2.05) is 0 Å². The van der Waals surface area contributed by atoms with Crippen LogP contribution < -0.4 is 0 Å². The SMILES string of the molecule is CCOC(=O)C(CC(C(=O)O)C(=O)OCC)C(=O)O. The minimum atomic E-state index is -1.72. The average Bonchev–Trinajstić information content (AvgIpc) is 2.29. The van der Waals surface area contributed by atoms with Crippen molar-refractivity contribution in [2.45, 2.75) is 20.3 Å². The smallest absolute Gasteiger partial charge is 0.320 e. The van der Waals surface area contributed by atoms with E-state index in [4.69, 9.17) is 10.2 Å². The van der Waals surface area contributed by atoms with Crippen molar-refractivity contribution in [1.82, 2.24) is 0 Å². The van der Waals surface area contributed by atoms with Crippen LogP contribution in [-0.4, -0.2) is 47.3 Å². The summed E-state index contributed by atoms with van der Waals surface area (Å²) in [5.74, 6) is -8.69. The molecule has 0 radical (unpaired) electrons. The zero-order chi connectivity index (χ0) is 15.0. The van der Waals surface area contributed by atoms with Gasteiger partial charge in [-0.3, -0.25) is 19.2 Å². The van der Waals surface area contributed by atoms with Crippen molar-refractivity contribution in [1.29, 1.82) is 0 Å². The molecule has 0 fully saturated rings. The van der Waals surface area contributed by atoms with Gasteiger partial charge in [0.1, 0.15) is 0 Å². The van der Waals surface area contributed by atoms with Crippen LogP contribution in [0.25, 0.3) is 0 Å². The van der Waals surface area contributed by atoms with Crippen molar-refractivity contribution < 1.29 is 38.9 Å². The van der Waals surface area contributed by atoms with E-state index in [9.17, 15) is 19.2 Å². The van der Waals surface area contributed by atoms with Crippen LogP contribution in [-0.2, 0) is 28.7 Å². The van der Waals surface area contributed by atoms with E-state index in [0.29, 0.717) is 0 Å². The number of carboxylic acids is 2. The Labute approximate surface area is 109 Å². The number of ether oxygens (including phenoxy) is 2. The molecule has 0 aliphatic carbocycles. The standard InChI is InChI=1S/C11H16O8/c1-3-18-10(16)6(8(12)13)5-7(9(14)15)11(17)19-4-2/h6-7H,3-5H2,1-2H3,(H,12,13)(H,14,15). The molecule has 0 aromatic heterocycles. The summed E-state index contributed by atoms with van der Waals surface area (Å²) in [6, 6.07) is 0. The van der Waals surface area contributed by atoms with E-state index in [0.717, 1.165) is 0 Å². The van der Waals surface area contributed by atoms with Gasteiger partial charge < -0.3 is 19.7 Å². The third-order valence-electron chi connectivity index (χ3n) is 2.21. The lowest BCUT2D eigenvalue weighted by molar-refractivity contribution is -0.163. The summed E-state index contributed by atoms with van der Waals surface area (Å²) in [4.78, 5) is 44.6. The Morgan fingerprint density at radius 3 is 1.37 bits per heavy atom. The Balaban J connectivity index is 4.95. The molecule has 0 saturated heterocycles. The molecule has 2 N–H and O–H groups in total. The quantitative estimate of drug-likeness (QED) is 0.465. The molecule has 108 valence electrons. The summed E-state index contributed by atoms with van der Waals surface area (Å²) in [5, 5.41) is 17.7. The molecule has 0 amide bonds. The zero-order valence-electron chi connectivity index (χ0n) is 10.6. The largest absolute Gasteiger partial charge is 0.481 e. The van der Waals surface area contributed by atoms with Crippen molar-refractivity contribution in [2.24, 2.45) is 11.8 Å². The van der Waals surface area contributed by atoms with Gasteiger partial charge in [0.05, 0.1) is 13.2 Å². The Hall–Kier alpha value is -2.12. The first-order valence-corrected chi connectivity index (χ1v) is 5.63. The van der Waals surface area contributed by atoms with E-state index < -0.39 is 42.1 Å². The first-order valence-electron chi connectivity index (χ1n) is 5.63. The first-order chi connectivity index (χ1) is 8.84. The Morgan fingerprint density at radius 1 is 0.842 bits per heavy atom. The lowest BCUT2D eigenvalue weighted by Gasteiger charge is -2.15. The lowest BCUT2D eigenvalue weighted by atomic mass is 9.94. The summed E-state index contributed by atoms with van der Waals surface area (Å²) >= 11 is 0. The molecular weight excluding hydrogens is 260 g/mol. The molecule has 0 heterocycles. The average molecular weight is 276 g/mol. The molecular formula is C11H16O8. The number of hydrogen-bond acceptors (Lipinski definition) is 6. The molecule has 0 saturated carbocycles. The molecule has 0 aliphatic rings. The van der Waals surface area contributed by atoms with Gasteiger partial charge >= 0.3 is 23.9 Å². The number of aliphatic carboxylic acids is 2. The Kier molecular flexibility index (Phi) is 7.16. The highest BCUT2D eigenvalue weighted by Crippen LogP contribution is 2.17. The number of esters is 2. The second kappa shape index (κ2) is 8.06. The van der Waals surface area contributed by atoms with Crippen LogP contribution in [0.5, 0.6) is 0 Å². The van der Waals surface area contributed by atoms with Gasteiger partial charge in [-0.2, -0.15) is 0 Å². The maximum atomic E-state index is 11.4. The highest BCUT2D eigenvalue weighted by molar-refractivity contribution is 5.98. The van der Waals surface area contributed by atoms with Gasteiger partial charge in [0.15, 0.2) is 11.8 Å². The van der Waals surface area contributed by atoms with Gasteiger partial charge in [-0.05, 0) is 20.3 Å². The molecule has 0 rings (SSSR count). The fraction of sp³-hybridized carbons (Fsp3) is 0.636. The molecule has 0 spiro atoms. The molecule has 19 heavy (non-hydrogen) atoms. The molecule has 2 atom stereocenters. The number of hydrogen-bond donors (Lipinski definition) is 2. The maximum Gasteiger partial charge on any atom is 0.320 e. The summed E-state index contributed by atoms with van der Waals surface area (Å²) in [7, 11) is 0. The second-order valence-corrected chi connectivity index (χ2v) is 3.52. The Morgan fingerprint density at radius 2 is 1.16 bits per heavy atom. The molecule has 8 heteroatoms. The van der Waals surface area contributed by atoms with Crippen LogP contribution >= 0.6 is 0 Å². The highest BCUT2D eigenvalue weighted by atomic mass is 16.5. The van der Waals surface area contributed by atoms with Gasteiger partial charge in [0.2, 0.25) is 0 Å². The third kappa shape index (κ3) is 5.36. The van der Waals surface area contributed by atoms with Crippen molar-refractivity contribution in [3.63, 3.8) is 0 Å². The molecule has 0 aliphatic heterocycles. The van der Waals surface area contributed by atoms with E-state index >= 15 is 0 Å². The minimum absolute atomic E-state index is 0.0419. The second-order valence-electron chi connectivity index (χ2n) is 3.52. The highest BCUT2D eigenvalue weighted by Gasteiger charge is 2.38.